The minimum atomic E-state index is -1.08. The molecule has 0 saturated heterocycles. The summed E-state index contributed by atoms with van der Waals surface area (Å²) in [6, 6.07) is 13.8. The molecule has 10 heteroatoms. The molecule has 1 amide bonds. The van der Waals surface area contributed by atoms with E-state index in [1.165, 1.54) is 17.8 Å². The van der Waals surface area contributed by atoms with Crippen molar-refractivity contribution in [1.82, 2.24) is 10.0 Å². The summed E-state index contributed by atoms with van der Waals surface area (Å²) in [5.74, 6) is -0.895. The highest BCUT2D eigenvalue weighted by atomic mass is 32.2. The molecule has 0 saturated carbocycles. The molecule has 0 radical (unpaired) electrons. The van der Waals surface area contributed by atoms with Crippen LogP contribution in [0.2, 0.25) is 0 Å². The van der Waals surface area contributed by atoms with Gasteiger partial charge in [-0.3, -0.25) is 19.7 Å². The third-order valence-electron chi connectivity index (χ3n) is 3.33. The molecule has 1 atom stereocenters. The van der Waals surface area contributed by atoms with Gasteiger partial charge in [-0.15, -0.1) is 11.8 Å². The number of nitro benzene ring substituents is 1. The van der Waals surface area contributed by atoms with E-state index < -0.39 is 16.9 Å². The van der Waals surface area contributed by atoms with Gasteiger partial charge in [-0.2, -0.15) is 0 Å². The third-order valence-corrected chi connectivity index (χ3v) is 5.21. The average Bonchev–Trinajstić information content (AvgIpc) is 2.67. The number of carboxylic acid groups (broad SMARTS) is 1. The summed E-state index contributed by atoms with van der Waals surface area (Å²) in [5, 5.41) is 23.0. The van der Waals surface area contributed by atoms with Crippen LogP contribution in [0.4, 0.5) is 5.69 Å². The summed E-state index contributed by atoms with van der Waals surface area (Å²) in [7, 11) is 0. The van der Waals surface area contributed by atoms with E-state index in [1.54, 1.807) is 42.5 Å². The molecule has 0 aliphatic heterocycles. The maximum atomic E-state index is 11.9. The number of aliphatic carboxylic acids is 1. The standard InChI is InChI=1S/C17H17N3O5S2/c21-16(12-6-2-1-3-7-12)18-11-26-10-13(17(22)23)19-27-15-9-5-4-8-14(15)20(24)25/h1-9,13,19H,10-11H2,(H,18,21)(H,22,23). The fourth-order valence-corrected chi connectivity index (χ4v) is 3.73. The van der Waals surface area contributed by atoms with E-state index in [-0.39, 0.29) is 23.2 Å². The third kappa shape index (κ3) is 6.59. The SMILES string of the molecule is O=C(NCSCC(NSc1ccccc1[N+](=O)[O-])C(=O)O)c1ccccc1. The van der Waals surface area contributed by atoms with Crippen LogP contribution in [0.5, 0.6) is 0 Å². The molecule has 27 heavy (non-hydrogen) atoms. The summed E-state index contributed by atoms with van der Waals surface area (Å²) in [4.78, 5) is 34.1. The Hall–Kier alpha value is -2.56. The average molecular weight is 407 g/mol. The maximum Gasteiger partial charge on any atom is 0.322 e. The first-order valence-electron chi connectivity index (χ1n) is 7.78. The van der Waals surface area contributed by atoms with Crippen molar-refractivity contribution in [2.24, 2.45) is 0 Å². The Morgan fingerprint density at radius 2 is 1.78 bits per heavy atom. The molecule has 0 aliphatic rings. The van der Waals surface area contributed by atoms with E-state index in [1.807, 2.05) is 6.07 Å². The number of para-hydroxylation sites is 1. The van der Waals surface area contributed by atoms with Crippen LogP contribution in [-0.2, 0) is 4.79 Å². The normalized spacial score (nSPS) is 11.6. The van der Waals surface area contributed by atoms with Crippen molar-refractivity contribution < 1.29 is 19.6 Å². The lowest BCUT2D eigenvalue weighted by molar-refractivity contribution is -0.387. The molecular weight excluding hydrogens is 390 g/mol. The number of thioether (sulfide) groups is 1. The molecule has 0 spiro atoms. The Balaban J connectivity index is 1.81. The molecule has 142 valence electrons. The van der Waals surface area contributed by atoms with Gasteiger partial charge in [0.15, 0.2) is 0 Å². The lowest BCUT2D eigenvalue weighted by Crippen LogP contribution is -2.35. The van der Waals surface area contributed by atoms with Crippen molar-refractivity contribution in [1.29, 1.82) is 0 Å². The van der Waals surface area contributed by atoms with Gasteiger partial charge in [0, 0.05) is 17.4 Å². The fourth-order valence-electron chi connectivity index (χ4n) is 1.97. The second-order valence-electron chi connectivity index (χ2n) is 5.22. The Labute approximate surface area is 164 Å². The minimum Gasteiger partial charge on any atom is -0.480 e. The van der Waals surface area contributed by atoms with Crippen molar-refractivity contribution in [3.63, 3.8) is 0 Å². The molecule has 8 nitrogen and oxygen atoms in total. The molecule has 0 aromatic heterocycles. The van der Waals surface area contributed by atoms with E-state index in [9.17, 15) is 24.8 Å². The summed E-state index contributed by atoms with van der Waals surface area (Å²) in [5.41, 5.74) is 0.430. The van der Waals surface area contributed by atoms with Crippen molar-refractivity contribution in [3.8, 4) is 0 Å². The summed E-state index contributed by atoms with van der Waals surface area (Å²) < 4.78 is 2.73. The van der Waals surface area contributed by atoms with E-state index in [2.05, 4.69) is 10.0 Å². The number of carbonyl (C=O) groups excluding carboxylic acids is 1. The fraction of sp³-hybridized carbons (Fsp3) is 0.176. The first kappa shape index (κ1) is 20.7. The molecule has 3 N–H and O–H groups in total. The van der Waals surface area contributed by atoms with Gasteiger partial charge in [0.05, 0.1) is 10.8 Å². The van der Waals surface area contributed by atoms with Crippen molar-refractivity contribution in [3.05, 3.63) is 70.3 Å². The smallest absolute Gasteiger partial charge is 0.322 e. The number of nitrogens with one attached hydrogen (secondary N) is 2. The van der Waals surface area contributed by atoms with E-state index >= 15 is 0 Å². The highest BCUT2D eigenvalue weighted by molar-refractivity contribution is 7.99. The van der Waals surface area contributed by atoms with Crippen LogP contribution in [-0.4, -0.2) is 39.6 Å². The number of hydrogen-bond donors (Lipinski definition) is 3. The molecule has 0 fully saturated rings. The molecule has 0 bridgehead atoms. The number of benzene rings is 2. The van der Waals surface area contributed by atoms with Gasteiger partial charge in [0.1, 0.15) is 10.9 Å². The van der Waals surface area contributed by atoms with Gasteiger partial charge in [-0.25, -0.2) is 4.72 Å². The largest absolute Gasteiger partial charge is 0.480 e. The zero-order valence-electron chi connectivity index (χ0n) is 14.0. The van der Waals surface area contributed by atoms with Gasteiger partial charge >= 0.3 is 5.97 Å². The number of amides is 1. The van der Waals surface area contributed by atoms with E-state index in [0.717, 1.165) is 11.9 Å². The number of carbonyl (C=O) groups is 2. The Bertz CT molecular complexity index is 804. The van der Waals surface area contributed by atoms with Gasteiger partial charge in [-0.1, -0.05) is 30.3 Å². The highest BCUT2D eigenvalue weighted by Crippen LogP contribution is 2.27. The van der Waals surface area contributed by atoms with Crippen LogP contribution in [0.1, 0.15) is 10.4 Å². The second kappa shape index (κ2) is 10.6. The Morgan fingerprint density at radius 3 is 2.44 bits per heavy atom. The lowest BCUT2D eigenvalue weighted by atomic mass is 10.2. The number of rotatable bonds is 10. The molecule has 2 aromatic carbocycles. The topological polar surface area (TPSA) is 122 Å². The molecule has 0 aliphatic carbocycles. The van der Waals surface area contributed by atoms with E-state index in [4.69, 9.17) is 0 Å². The van der Waals surface area contributed by atoms with Gasteiger partial charge in [0.25, 0.3) is 11.6 Å². The predicted octanol–water partition coefficient (Wildman–Crippen LogP) is 2.77. The second-order valence-corrected chi connectivity index (χ2v) is 7.13. The van der Waals surface area contributed by atoms with Gasteiger partial charge in [0.2, 0.25) is 0 Å². The lowest BCUT2D eigenvalue weighted by Gasteiger charge is -2.13. The molecule has 2 aromatic rings. The zero-order chi connectivity index (χ0) is 19.6. The monoisotopic (exact) mass is 407 g/mol. The van der Waals surface area contributed by atoms with Crippen molar-refractivity contribution in [2.45, 2.75) is 10.9 Å². The number of nitrogens with zero attached hydrogens (tertiary/aromatic N) is 1. The van der Waals surface area contributed by atoms with Crippen LogP contribution in [0.25, 0.3) is 0 Å². The van der Waals surface area contributed by atoms with Crippen LogP contribution in [0.3, 0.4) is 0 Å². The molecule has 0 heterocycles. The maximum absolute atomic E-state index is 11.9. The molecular formula is C17H17N3O5S2. The van der Waals surface area contributed by atoms with Crippen molar-refractivity contribution >= 4 is 41.3 Å². The Morgan fingerprint density at radius 1 is 1.11 bits per heavy atom. The first-order valence-corrected chi connectivity index (χ1v) is 9.75. The Kier molecular flexibility index (Phi) is 8.11. The summed E-state index contributed by atoms with van der Waals surface area (Å²) in [6.07, 6.45) is 0. The molecule has 2 rings (SSSR count). The van der Waals surface area contributed by atoms with Gasteiger partial charge in [-0.05, 0) is 30.1 Å². The van der Waals surface area contributed by atoms with Crippen LogP contribution in [0.15, 0.2) is 59.5 Å². The minimum absolute atomic E-state index is 0.0954. The predicted molar refractivity (Wildman–Crippen MR) is 105 cm³/mol. The number of carboxylic acids is 1. The van der Waals surface area contributed by atoms with Crippen LogP contribution in [0, 0.1) is 10.1 Å². The quantitative estimate of drug-likeness (QED) is 0.181. The summed E-state index contributed by atoms with van der Waals surface area (Å²) in [6.45, 7) is 0. The number of hydrogen-bond acceptors (Lipinski definition) is 7. The molecule has 1 unspecified atom stereocenters. The highest BCUT2D eigenvalue weighted by Gasteiger charge is 2.20. The van der Waals surface area contributed by atoms with Crippen molar-refractivity contribution in [2.75, 3.05) is 11.6 Å². The summed E-state index contributed by atoms with van der Waals surface area (Å²) >= 11 is 2.14. The van der Waals surface area contributed by atoms with E-state index in [0.29, 0.717) is 10.5 Å². The van der Waals surface area contributed by atoms with Crippen LogP contribution < -0.4 is 10.0 Å². The zero-order valence-corrected chi connectivity index (χ0v) is 15.7. The van der Waals surface area contributed by atoms with Crippen LogP contribution >= 0.6 is 23.7 Å². The van der Waals surface area contributed by atoms with Gasteiger partial charge < -0.3 is 10.4 Å². The number of nitro groups is 1. The first-order chi connectivity index (χ1) is 13.0.